The number of aromatic nitrogens is 1. The molecule has 2 nitrogen and oxygen atoms in total. The molecule has 0 saturated carbocycles. The predicted octanol–water partition coefficient (Wildman–Crippen LogP) is 2.03. The standard InChI is InChI=1S/C8H10ClFN2/c1-12(2)8-7(10)6(5-9)3-4-11-8/h3-4H,5H2,1-2H3. The summed E-state index contributed by atoms with van der Waals surface area (Å²) in [5.41, 5.74) is 0.482. The van der Waals surface area contributed by atoms with Crippen molar-refractivity contribution in [1.82, 2.24) is 4.98 Å². The molecule has 0 saturated heterocycles. The first-order chi connectivity index (χ1) is 5.66. The summed E-state index contributed by atoms with van der Waals surface area (Å²) in [6, 6.07) is 1.58. The van der Waals surface area contributed by atoms with Gasteiger partial charge in [-0.1, -0.05) is 0 Å². The van der Waals surface area contributed by atoms with E-state index in [9.17, 15) is 4.39 Å². The van der Waals surface area contributed by atoms with Crippen LogP contribution >= 0.6 is 11.6 Å². The van der Waals surface area contributed by atoms with E-state index in [2.05, 4.69) is 4.98 Å². The highest BCUT2D eigenvalue weighted by Crippen LogP contribution is 2.18. The summed E-state index contributed by atoms with van der Waals surface area (Å²) in [5.74, 6) is 0.167. The maximum atomic E-state index is 13.3. The second kappa shape index (κ2) is 3.72. The fraction of sp³-hybridized carbons (Fsp3) is 0.375. The molecule has 0 aliphatic heterocycles. The van der Waals surface area contributed by atoms with Gasteiger partial charge in [-0.25, -0.2) is 9.37 Å². The third-order valence-electron chi connectivity index (χ3n) is 1.52. The summed E-state index contributed by atoms with van der Waals surface area (Å²) >= 11 is 5.52. The number of anilines is 1. The van der Waals surface area contributed by atoms with Gasteiger partial charge in [0.1, 0.15) is 0 Å². The first-order valence-corrected chi connectivity index (χ1v) is 4.07. The summed E-state index contributed by atoms with van der Waals surface area (Å²) in [5, 5.41) is 0. The van der Waals surface area contributed by atoms with Gasteiger partial charge in [-0.2, -0.15) is 0 Å². The zero-order chi connectivity index (χ0) is 9.14. The largest absolute Gasteiger partial charge is 0.360 e. The minimum absolute atomic E-state index is 0.176. The van der Waals surface area contributed by atoms with Gasteiger partial charge in [0, 0.05) is 25.9 Å². The Bertz CT molecular complexity index is 276. The Morgan fingerprint density at radius 1 is 1.58 bits per heavy atom. The lowest BCUT2D eigenvalue weighted by molar-refractivity contribution is 0.609. The number of pyridine rings is 1. The van der Waals surface area contributed by atoms with Gasteiger partial charge in [-0.05, 0) is 6.07 Å². The van der Waals surface area contributed by atoms with Crippen LogP contribution in [0.25, 0.3) is 0 Å². The van der Waals surface area contributed by atoms with E-state index in [-0.39, 0.29) is 11.7 Å². The minimum Gasteiger partial charge on any atom is -0.360 e. The Balaban J connectivity index is 3.14. The molecule has 1 rings (SSSR count). The number of alkyl halides is 1. The molecule has 0 N–H and O–H groups in total. The molecular formula is C8H10ClFN2. The smallest absolute Gasteiger partial charge is 0.170 e. The molecule has 0 radical (unpaired) electrons. The molecule has 0 bridgehead atoms. The number of hydrogen-bond acceptors (Lipinski definition) is 2. The van der Waals surface area contributed by atoms with Gasteiger partial charge in [0.15, 0.2) is 11.6 Å². The highest BCUT2D eigenvalue weighted by Gasteiger charge is 2.09. The van der Waals surface area contributed by atoms with Gasteiger partial charge in [-0.15, -0.1) is 11.6 Å². The lowest BCUT2D eigenvalue weighted by Gasteiger charge is -2.12. The number of hydrogen-bond donors (Lipinski definition) is 0. The van der Waals surface area contributed by atoms with E-state index in [1.54, 1.807) is 31.3 Å². The van der Waals surface area contributed by atoms with Gasteiger partial charge < -0.3 is 4.90 Å². The molecule has 4 heteroatoms. The normalized spacial score (nSPS) is 10.0. The van der Waals surface area contributed by atoms with Crippen molar-refractivity contribution in [3.63, 3.8) is 0 Å². The van der Waals surface area contributed by atoms with Gasteiger partial charge in [0.2, 0.25) is 0 Å². The van der Waals surface area contributed by atoms with Crippen molar-refractivity contribution in [1.29, 1.82) is 0 Å². The van der Waals surface area contributed by atoms with Crippen molar-refractivity contribution in [2.45, 2.75) is 5.88 Å². The third-order valence-corrected chi connectivity index (χ3v) is 1.81. The van der Waals surface area contributed by atoms with Crippen molar-refractivity contribution >= 4 is 17.4 Å². The molecule has 66 valence electrons. The summed E-state index contributed by atoms with van der Waals surface area (Å²) in [6.45, 7) is 0. The van der Waals surface area contributed by atoms with Crippen LogP contribution < -0.4 is 4.90 Å². The average Bonchev–Trinajstić information content (AvgIpc) is 2.04. The van der Waals surface area contributed by atoms with Crippen molar-refractivity contribution < 1.29 is 4.39 Å². The van der Waals surface area contributed by atoms with Crippen LogP contribution in [0.4, 0.5) is 10.2 Å². The minimum atomic E-state index is -0.336. The molecule has 1 aromatic rings. The quantitative estimate of drug-likeness (QED) is 0.661. The Hall–Kier alpha value is -0.830. The van der Waals surface area contributed by atoms with E-state index >= 15 is 0 Å². The Labute approximate surface area is 76.0 Å². The first-order valence-electron chi connectivity index (χ1n) is 3.53. The predicted molar refractivity (Wildman–Crippen MR) is 48.1 cm³/mol. The van der Waals surface area contributed by atoms with Crippen LogP contribution in [0.15, 0.2) is 12.3 Å². The van der Waals surface area contributed by atoms with Crippen LogP contribution in [-0.4, -0.2) is 19.1 Å². The van der Waals surface area contributed by atoms with E-state index in [1.165, 1.54) is 0 Å². The second-order valence-corrected chi connectivity index (χ2v) is 2.90. The molecule has 0 fully saturated rings. The first kappa shape index (κ1) is 9.26. The molecule has 0 spiro atoms. The average molecular weight is 189 g/mol. The zero-order valence-electron chi connectivity index (χ0n) is 7.01. The Morgan fingerprint density at radius 2 is 2.25 bits per heavy atom. The molecular weight excluding hydrogens is 179 g/mol. The van der Waals surface area contributed by atoms with Crippen LogP contribution in [0.5, 0.6) is 0 Å². The Morgan fingerprint density at radius 3 is 2.75 bits per heavy atom. The highest BCUT2D eigenvalue weighted by molar-refractivity contribution is 6.17. The topological polar surface area (TPSA) is 16.1 Å². The molecule has 1 heterocycles. The van der Waals surface area contributed by atoms with Crippen molar-refractivity contribution in [3.8, 4) is 0 Å². The van der Waals surface area contributed by atoms with Gasteiger partial charge >= 0.3 is 0 Å². The van der Waals surface area contributed by atoms with E-state index < -0.39 is 0 Å². The van der Waals surface area contributed by atoms with Crippen LogP contribution in [0.3, 0.4) is 0 Å². The summed E-state index contributed by atoms with van der Waals surface area (Å²) < 4.78 is 13.3. The van der Waals surface area contributed by atoms with Crippen molar-refractivity contribution in [3.05, 3.63) is 23.6 Å². The lowest BCUT2D eigenvalue weighted by atomic mass is 10.3. The summed E-state index contributed by atoms with van der Waals surface area (Å²) in [4.78, 5) is 5.50. The molecule has 0 aliphatic carbocycles. The molecule has 12 heavy (non-hydrogen) atoms. The molecule has 0 unspecified atom stereocenters. The van der Waals surface area contributed by atoms with Crippen molar-refractivity contribution in [2.75, 3.05) is 19.0 Å². The number of halogens is 2. The fourth-order valence-electron chi connectivity index (χ4n) is 0.886. The van der Waals surface area contributed by atoms with Gasteiger partial charge in [0.25, 0.3) is 0 Å². The maximum Gasteiger partial charge on any atom is 0.170 e. The van der Waals surface area contributed by atoms with Gasteiger partial charge in [0.05, 0.1) is 5.88 Å². The van der Waals surface area contributed by atoms with Gasteiger partial charge in [-0.3, -0.25) is 0 Å². The molecule has 0 aromatic carbocycles. The number of rotatable bonds is 2. The lowest BCUT2D eigenvalue weighted by Crippen LogP contribution is -2.13. The second-order valence-electron chi connectivity index (χ2n) is 2.64. The van der Waals surface area contributed by atoms with E-state index in [0.717, 1.165) is 0 Å². The number of nitrogens with zero attached hydrogens (tertiary/aromatic N) is 2. The van der Waals surface area contributed by atoms with Crippen LogP contribution in [0.1, 0.15) is 5.56 Å². The van der Waals surface area contributed by atoms with Crippen LogP contribution in [0.2, 0.25) is 0 Å². The monoisotopic (exact) mass is 188 g/mol. The third kappa shape index (κ3) is 1.67. The highest BCUT2D eigenvalue weighted by atomic mass is 35.5. The van der Waals surface area contributed by atoms with Crippen LogP contribution in [-0.2, 0) is 5.88 Å². The van der Waals surface area contributed by atoms with E-state index in [4.69, 9.17) is 11.6 Å². The zero-order valence-corrected chi connectivity index (χ0v) is 7.77. The van der Waals surface area contributed by atoms with Crippen molar-refractivity contribution in [2.24, 2.45) is 0 Å². The molecule has 0 amide bonds. The fourth-order valence-corrected chi connectivity index (χ4v) is 1.09. The summed E-state index contributed by atoms with van der Waals surface area (Å²) in [6.07, 6.45) is 1.55. The van der Waals surface area contributed by atoms with Crippen LogP contribution in [0, 0.1) is 5.82 Å². The maximum absolute atomic E-state index is 13.3. The Kier molecular flexibility index (Phi) is 2.87. The van der Waals surface area contributed by atoms with E-state index in [1.807, 2.05) is 0 Å². The molecule has 0 atom stereocenters. The molecule has 1 aromatic heterocycles. The SMILES string of the molecule is CN(C)c1nccc(CCl)c1F. The molecule has 0 aliphatic rings. The summed E-state index contributed by atoms with van der Waals surface area (Å²) in [7, 11) is 3.48. The van der Waals surface area contributed by atoms with E-state index in [0.29, 0.717) is 11.4 Å².